The van der Waals surface area contributed by atoms with Crippen LogP contribution in [0.3, 0.4) is 0 Å². The van der Waals surface area contributed by atoms with Gasteiger partial charge in [-0.1, -0.05) is 20.8 Å². The summed E-state index contributed by atoms with van der Waals surface area (Å²) in [5.74, 6) is -2.75. The van der Waals surface area contributed by atoms with Crippen LogP contribution >= 0.6 is 0 Å². The third-order valence-electron chi connectivity index (χ3n) is 9.70. The number of ketones is 1. The smallest absolute Gasteiger partial charge is 0.311 e. The molecule has 70 heavy (non-hydrogen) atoms. The van der Waals surface area contributed by atoms with Crippen molar-refractivity contribution in [2.75, 3.05) is 65.9 Å². The van der Waals surface area contributed by atoms with Crippen LogP contribution in [0.2, 0.25) is 0 Å². The largest absolute Gasteiger partial charge is 0.466 e. The van der Waals surface area contributed by atoms with Crippen molar-refractivity contribution in [2.24, 2.45) is 43.3 Å². The summed E-state index contributed by atoms with van der Waals surface area (Å²) in [6.45, 7) is 38.9. The molecule has 0 aromatic rings. The molecule has 1 unspecified atom stereocenters. The Bertz CT molecular complexity index is 1590. The number of nitrogens with one attached hydrogen (secondary N) is 3. The summed E-state index contributed by atoms with van der Waals surface area (Å²) in [4.78, 5) is 109. The predicted octanol–water partition coefficient (Wildman–Crippen LogP) is 7.11. The molecule has 0 saturated carbocycles. The van der Waals surface area contributed by atoms with Gasteiger partial charge in [0, 0.05) is 37.9 Å². The third-order valence-corrected chi connectivity index (χ3v) is 9.70. The zero-order chi connectivity index (χ0) is 55.8. The van der Waals surface area contributed by atoms with Gasteiger partial charge < -0.3 is 44.4 Å². The average molecular weight is 1000 g/mol. The van der Waals surface area contributed by atoms with Gasteiger partial charge in [-0.05, 0) is 138 Å². The first kappa shape index (κ1) is 69.6. The summed E-state index contributed by atoms with van der Waals surface area (Å²) >= 11 is 0. The molecule has 408 valence electrons. The first-order valence-electron chi connectivity index (χ1n) is 24.2. The zero-order valence-corrected chi connectivity index (χ0v) is 47.3. The molecule has 0 spiro atoms. The molecule has 18 nitrogen and oxygen atoms in total. The van der Waals surface area contributed by atoms with Gasteiger partial charge in [-0.15, -0.1) is 0 Å². The second-order valence-corrected chi connectivity index (χ2v) is 23.9. The second kappa shape index (κ2) is 30.3. The van der Waals surface area contributed by atoms with Crippen molar-refractivity contribution in [3.8, 4) is 0 Å². The highest BCUT2D eigenvalue weighted by Gasteiger charge is 2.41. The maximum Gasteiger partial charge on any atom is 0.311 e. The average Bonchev–Trinajstić information content (AvgIpc) is 3.20. The Morgan fingerprint density at radius 2 is 0.743 bits per heavy atom. The van der Waals surface area contributed by atoms with E-state index in [-0.39, 0.29) is 94.0 Å². The van der Waals surface area contributed by atoms with Crippen LogP contribution in [0.1, 0.15) is 172 Å². The van der Waals surface area contributed by atoms with E-state index in [4.69, 9.17) is 28.4 Å². The molecular formula is C52H95N3O15. The van der Waals surface area contributed by atoms with Crippen LogP contribution in [0, 0.1) is 43.3 Å². The van der Waals surface area contributed by atoms with Crippen LogP contribution in [0.5, 0.6) is 0 Å². The lowest BCUT2D eigenvalue weighted by molar-refractivity contribution is -0.178. The Balaban J connectivity index is -0.00000118. The fourth-order valence-electron chi connectivity index (χ4n) is 4.75. The molecule has 0 aliphatic heterocycles. The number of amides is 3. The second-order valence-electron chi connectivity index (χ2n) is 23.9. The minimum absolute atomic E-state index is 0.0215. The van der Waals surface area contributed by atoms with Gasteiger partial charge in [0.2, 0.25) is 17.7 Å². The van der Waals surface area contributed by atoms with Gasteiger partial charge in [-0.2, -0.15) is 0 Å². The molecule has 3 N–H and O–H groups in total. The molecule has 0 aromatic heterocycles. The number of carbonyl (C=O) groups excluding carboxylic acids is 9. The molecule has 0 aliphatic rings. The van der Waals surface area contributed by atoms with Gasteiger partial charge >= 0.3 is 29.8 Å². The molecule has 1 atom stereocenters. The van der Waals surface area contributed by atoms with Crippen molar-refractivity contribution in [1.29, 1.82) is 0 Å². The highest BCUT2D eigenvalue weighted by Crippen LogP contribution is 2.30. The minimum Gasteiger partial charge on any atom is -0.466 e. The maximum absolute atomic E-state index is 12.5. The van der Waals surface area contributed by atoms with E-state index in [2.05, 4.69) is 16.0 Å². The van der Waals surface area contributed by atoms with Crippen LogP contribution in [0.15, 0.2) is 0 Å². The molecule has 3 amide bonds. The Hall–Kier alpha value is -4.61. The zero-order valence-electron chi connectivity index (χ0n) is 47.3. The van der Waals surface area contributed by atoms with E-state index in [1.165, 1.54) is 0 Å². The van der Waals surface area contributed by atoms with Gasteiger partial charge in [0.1, 0.15) is 38.8 Å². The predicted molar refractivity (Wildman–Crippen MR) is 268 cm³/mol. The standard InChI is InChI=1S/C27H48N2O9.C18H33NO4.C7H14O2/c1-11-28-19(30)12-13-29-20(31)14-35-15-27(16-36-21(32)24(2,3)4,17-37-22(33)25(5,6)7)18-38-23(34)26(8,9)10;1-9-19-14(21)18(8,11-10-13(20)16(2,3)4)12-23-15(22)17(5,6)7;1-5-9-6(8)7(2,3)4/h11-18H2,1-10H3,(H,28,30)(H,29,31);9-12H2,1-8H3,(H,19,21);5H2,1-4H3. The summed E-state index contributed by atoms with van der Waals surface area (Å²) in [6.07, 6.45) is 0.758. The first-order chi connectivity index (χ1) is 31.5. The van der Waals surface area contributed by atoms with E-state index in [0.29, 0.717) is 26.1 Å². The number of Topliss-reactive ketones (excluding diaryl/α,β-unsaturated/α-hetero) is 1. The van der Waals surface area contributed by atoms with Crippen molar-refractivity contribution >= 4 is 53.4 Å². The molecule has 0 bridgehead atoms. The Morgan fingerprint density at radius 3 is 1.06 bits per heavy atom. The van der Waals surface area contributed by atoms with Crippen LogP contribution in [0.4, 0.5) is 0 Å². The Morgan fingerprint density at radius 1 is 0.386 bits per heavy atom. The lowest BCUT2D eigenvalue weighted by atomic mass is 9.80. The summed E-state index contributed by atoms with van der Waals surface area (Å²) in [7, 11) is 0. The number of rotatable bonds is 22. The van der Waals surface area contributed by atoms with E-state index in [1.807, 2.05) is 55.4 Å². The third kappa shape index (κ3) is 30.9. The number of hydrogen-bond donors (Lipinski definition) is 3. The van der Waals surface area contributed by atoms with Crippen molar-refractivity contribution < 1.29 is 71.6 Å². The fraction of sp³-hybridized carbons (Fsp3) is 0.827. The van der Waals surface area contributed by atoms with Crippen molar-refractivity contribution in [1.82, 2.24) is 16.0 Å². The van der Waals surface area contributed by atoms with Crippen LogP contribution < -0.4 is 16.0 Å². The normalized spacial score (nSPS) is 13.0. The summed E-state index contributed by atoms with van der Waals surface area (Å²) in [5.41, 5.74) is -6.01. The molecule has 0 aliphatic carbocycles. The molecule has 0 radical (unpaired) electrons. The highest BCUT2D eigenvalue weighted by atomic mass is 16.6. The van der Waals surface area contributed by atoms with Gasteiger partial charge in [0.15, 0.2) is 0 Å². The number of hydrogen-bond acceptors (Lipinski definition) is 15. The molecular weight excluding hydrogens is 907 g/mol. The SMILES string of the molecule is CCNC(=O)C(C)(CCC(=O)C(C)(C)C)COC(=O)C(C)(C)C.CCNC(=O)CCNC(=O)COCC(COC(=O)C(C)(C)C)(COC(=O)C(C)(C)C)COC(=O)C(C)(C)C.CCOC(=O)C(C)(C)C. The van der Waals surface area contributed by atoms with Gasteiger partial charge in [0.25, 0.3) is 0 Å². The van der Waals surface area contributed by atoms with E-state index in [9.17, 15) is 43.2 Å². The molecule has 18 heteroatoms. The molecule has 0 fully saturated rings. The monoisotopic (exact) mass is 1000 g/mol. The first-order valence-corrected chi connectivity index (χ1v) is 24.2. The quantitative estimate of drug-likeness (QED) is 0.0723. The highest BCUT2D eigenvalue weighted by molar-refractivity contribution is 5.87. The molecule has 0 heterocycles. The van der Waals surface area contributed by atoms with Gasteiger partial charge in [0.05, 0.1) is 51.1 Å². The van der Waals surface area contributed by atoms with E-state index in [0.717, 1.165) is 0 Å². The van der Waals surface area contributed by atoms with Crippen LogP contribution in [0.25, 0.3) is 0 Å². The summed E-state index contributed by atoms with van der Waals surface area (Å²) in [5, 5.41) is 7.99. The topological polar surface area (TPSA) is 245 Å². The van der Waals surface area contributed by atoms with Gasteiger partial charge in [-0.3, -0.25) is 43.2 Å². The van der Waals surface area contributed by atoms with Crippen LogP contribution in [-0.4, -0.2) is 119 Å². The number of ether oxygens (including phenoxy) is 6. The Labute approximate surface area is 420 Å². The Kier molecular flexibility index (Phi) is 30.2. The number of esters is 5. The van der Waals surface area contributed by atoms with Crippen molar-refractivity contribution in [2.45, 2.75) is 172 Å². The molecule has 0 aromatic carbocycles. The van der Waals surface area contributed by atoms with Crippen molar-refractivity contribution in [3.05, 3.63) is 0 Å². The van der Waals surface area contributed by atoms with E-state index in [1.54, 1.807) is 96.9 Å². The minimum atomic E-state index is -1.27. The van der Waals surface area contributed by atoms with Crippen molar-refractivity contribution in [3.63, 3.8) is 0 Å². The molecule has 0 saturated heterocycles. The fourth-order valence-corrected chi connectivity index (χ4v) is 4.75. The lowest BCUT2D eigenvalue weighted by Crippen LogP contribution is -2.46. The summed E-state index contributed by atoms with van der Waals surface area (Å²) < 4.78 is 32.3. The summed E-state index contributed by atoms with van der Waals surface area (Å²) in [6, 6.07) is 0. The maximum atomic E-state index is 12.5. The van der Waals surface area contributed by atoms with Crippen LogP contribution in [-0.2, 0) is 71.6 Å². The molecule has 0 rings (SSSR count). The number of carbonyl (C=O) groups is 9. The van der Waals surface area contributed by atoms with Gasteiger partial charge in [-0.25, -0.2) is 0 Å². The lowest BCUT2D eigenvalue weighted by Gasteiger charge is -2.34. The van der Waals surface area contributed by atoms with E-state index < -0.39 is 61.7 Å². The van der Waals surface area contributed by atoms with E-state index >= 15 is 0 Å².